The summed E-state index contributed by atoms with van der Waals surface area (Å²) in [5, 5.41) is 0. The molecular weight excluding hydrogens is 240 g/mol. The lowest BCUT2D eigenvalue weighted by atomic mass is 9.91. The van der Waals surface area contributed by atoms with Crippen LogP contribution in [-0.2, 0) is 0 Å². The molecular formula is C15H24N2S. The fourth-order valence-corrected chi connectivity index (χ4v) is 3.70. The summed E-state index contributed by atoms with van der Waals surface area (Å²) < 4.78 is 0. The molecule has 3 heteroatoms. The van der Waals surface area contributed by atoms with Gasteiger partial charge in [0.15, 0.2) is 0 Å². The lowest BCUT2D eigenvalue weighted by Crippen LogP contribution is -2.49. The zero-order chi connectivity index (χ0) is 12.8. The van der Waals surface area contributed by atoms with Crippen molar-refractivity contribution in [3.63, 3.8) is 0 Å². The third-order valence-electron chi connectivity index (χ3n) is 3.86. The molecule has 1 aromatic rings. The Kier molecular flexibility index (Phi) is 5.54. The minimum Gasteiger partial charge on any atom is -0.329 e. The van der Waals surface area contributed by atoms with Crippen LogP contribution in [0.25, 0.3) is 0 Å². The summed E-state index contributed by atoms with van der Waals surface area (Å²) in [5.41, 5.74) is 5.92. The van der Waals surface area contributed by atoms with Gasteiger partial charge >= 0.3 is 0 Å². The second kappa shape index (κ2) is 7.17. The molecule has 2 rings (SSSR count). The molecule has 1 fully saturated rings. The first kappa shape index (κ1) is 13.9. The van der Waals surface area contributed by atoms with Gasteiger partial charge in [-0.2, -0.15) is 0 Å². The largest absolute Gasteiger partial charge is 0.329 e. The lowest BCUT2D eigenvalue weighted by Gasteiger charge is -2.39. The minimum atomic E-state index is 0.593. The van der Waals surface area contributed by atoms with Crippen molar-refractivity contribution in [2.24, 2.45) is 11.7 Å². The average Bonchev–Trinajstić information content (AvgIpc) is 2.40. The van der Waals surface area contributed by atoms with Gasteiger partial charge in [-0.25, -0.2) is 0 Å². The SMILES string of the molecule is CC1CCCN(CCSc2ccccc2)C1CN. The third kappa shape index (κ3) is 3.74. The van der Waals surface area contributed by atoms with Crippen molar-refractivity contribution in [2.75, 3.05) is 25.4 Å². The zero-order valence-electron chi connectivity index (χ0n) is 11.2. The predicted molar refractivity (Wildman–Crippen MR) is 80.0 cm³/mol. The highest BCUT2D eigenvalue weighted by molar-refractivity contribution is 7.99. The van der Waals surface area contributed by atoms with Gasteiger partial charge < -0.3 is 5.73 Å². The van der Waals surface area contributed by atoms with Crippen molar-refractivity contribution < 1.29 is 0 Å². The molecule has 0 aromatic heterocycles. The Balaban J connectivity index is 1.78. The fraction of sp³-hybridized carbons (Fsp3) is 0.600. The first-order chi connectivity index (χ1) is 8.81. The molecule has 0 amide bonds. The highest BCUT2D eigenvalue weighted by Gasteiger charge is 2.26. The maximum atomic E-state index is 5.92. The topological polar surface area (TPSA) is 29.3 Å². The number of benzene rings is 1. The maximum Gasteiger partial charge on any atom is 0.0244 e. The summed E-state index contributed by atoms with van der Waals surface area (Å²) in [6.45, 7) is 5.53. The monoisotopic (exact) mass is 264 g/mol. The first-order valence-corrected chi connectivity index (χ1v) is 7.92. The molecule has 18 heavy (non-hydrogen) atoms. The van der Waals surface area contributed by atoms with Crippen molar-refractivity contribution in [3.8, 4) is 0 Å². The van der Waals surface area contributed by atoms with Crippen LogP contribution in [0.3, 0.4) is 0 Å². The van der Waals surface area contributed by atoms with Gasteiger partial charge in [0.1, 0.15) is 0 Å². The van der Waals surface area contributed by atoms with E-state index in [0.29, 0.717) is 6.04 Å². The molecule has 2 nitrogen and oxygen atoms in total. The van der Waals surface area contributed by atoms with Crippen LogP contribution in [0.5, 0.6) is 0 Å². The van der Waals surface area contributed by atoms with Crippen LogP contribution >= 0.6 is 11.8 Å². The zero-order valence-corrected chi connectivity index (χ0v) is 12.0. The van der Waals surface area contributed by atoms with Crippen molar-refractivity contribution in [3.05, 3.63) is 30.3 Å². The van der Waals surface area contributed by atoms with Crippen LogP contribution in [-0.4, -0.2) is 36.3 Å². The van der Waals surface area contributed by atoms with E-state index in [2.05, 4.69) is 42.2 Å². The number of nitrogens with two attached hydrogens (primary N) is 1. The number of nitrogens with zero attached hydrogens (tertiary/aromatic N) is 1. The van der Waals surface area contributed by atoms with E-state index < -0.39 is 0 Å². The van der Waals surface area contributed by atoms with Gasteiger partial charge in [-0.3, -0.25) is 4.90 Å². The Morgan fingerprint density at radius 2 is 2.11 bits per heavy atom. The normalized spacial score (nSPS) is 25.2. The number of rotatable bonds is 5. The lowest BCUT2D eigenvalue weighted by molar-refractivity contribution is 0.114. The second-order valence-electron chi connectivity index (χ2n) is 5.12. The van der Waals surface area contributed by atoms with Crippen LogP contribution in [0.1, 0.15) is 19.8 Å². The van der Waals surface area contributed by atoms with Crippen LogP contribution in [0.15, 0.2) is 35.2 Å². The van der Waals surface area contributed by atoms with E-state index in [9.17, 15) is 0 Å². The standard InChI is InChI=1S/C15H24N2S/c1-13-6-5-9-17(15(13)12-16)10-11-18-14-7-3-2-4-8-14/h2-4,7-8,13,15H,5-6,9-12,16H2,1H3. The quantitative estimate of drug-likeness (QED) is 0.829. The van der Waals surface area contributed by atoms with E-state index in [1.54, 1.807) is 0 Å². The molecule has 1 aromatic carbocycles. The summed E-state index contributed by atoms with van der Waals surface area (Å²) >= 11 is 1.95. The van der Waals surface area contributed by atoms with E-state index >= 15 is 0 Å². The van der Waals surface area contributed by atoms with Gasteiger partial charge in [-0.05, 0) is 37.4 Å². The van der Waals surface area contributed by atoms with Crippen LogP contribution in [0.4, 0.5) is 0 Å². The Labute approximate surface area is 115 Å². The van der Waals surface area contributed by atoms with Gasteiger partial charge in [0.2, 0.25) is 0 Å². The number of thioether (sulfide) groups is 1. The molecule has 2 unspecified atom stereocenters. The van der Waals surface area contributed by atoms with Gasteiger partial charge in [0, 0.05) is 29.8 Å². The van der Waals surface area contributed by atoms with Gasteiger partial charge in [0.05, 0.1) is 0 Å². The molecule has 0 saturated carbocycles. The predicted octanol–water partition coefficient (Wildman–Crippen LogP) is 2.84. The van der Waals surface area contributed by atoms with Gasteiger partial charge in [-0.15, -0.1) is 11.8 Å². The molecule has 1 saturated heterocycles. The highest BCUT2D eigenvalue weighted by atomic mass is 32.2. The summed E-state index contributed by atoms with van der Waals surface area (Å²) in [5.74, 6) is 1.92. The van der Waals surface area contributed by atoms with E-state index in [0.717, 1.165) is 24.8 Å². The molecule has 1 aliphatic heterocycles. The third-order valence-corrected chi connectivity index (χ3v) is 4.85. The molecule has 0 bridgehead atoms. The van der Waals surface area contributed by atoms with E-state index in [4.69, 9.17) is 5.73 Å². The molecule has 100 valence electrons. The smallest absolute Gasteiger partial charge is 0.0244 e. The minimum absolute atomic E-state index is 0.593. The summed E-state index contributed by atoms with van der Waals surface area (Å²) in [7, 11) is 0. The molecule has 2 atom stereocenters. The summed E-state index contributed by atoms with van der Waals surface area (Å²) in [6.07, 6.45) is 2.66. The van der Waals surface area contributed by atoms with Gasteiger partial charge in [-0.1, -0.05) is 25.1 Å². The molecule has 0 spiro atoms. The fourth-order valence-electron chi connectivity index (χ4n) is 2.79. The van der Waals surface area contributed by atoms with E-state index in [-0.39, 0.29) is 0 Å². The molecule has 0 radical (unpaired) electrons. The Bertz CT molecular complexity index is 342. The van der Waals surface area contributed by atoms with Crippen molar-refractivity contribution in [1.82, 2.24) is 4.90 Å². The highest BCUT2D eigenvalue weighted by Crippen LogP contribution is 2.24. The van der Waals surface area contributed by atoms with Crippen molar-refractivity contribution >= 4 is 11.8 Å². The van der Waals surface area contributed by atoms with Crippen LogP contribution in [0.2, 0.25) is 0 Å². The Hall–Kier alpha value is -0.510. The first-order valence-electron chi connectivity index (χ1n) is 6.93. The van der Waals surface area contributed by atoms with Crippen LogP contribution < -0.4 is 5.73 Å². The molecule has 1 heterocycles. The average molecular weight is 264 g/mol. The van der Waals surface area contributed by atoms with Crippen LogP contribution in [0, 0.1) is 5.92 Å². The maximum absolute atomic E-state index is 5.92. The number of piperidine rings is 1. The van der Waals surface area contributed by atoms with E-state index in [1.165, 1.54) is 24.3 Å². The van der Waals surface area contributed by atoms with E-state index in [1.807, 2.05) is 11.8 Å². The second-order valence-corrected chi connectivity index (χ2v) is 6.29. The summed E-state index contributed by atoms with van der Waals surface area (Å²) in [6, 6.07) is 11.2. The Morgan fingerprint density at radius 1 is 1.33 bits per heavy atom. The van der Waals surface area contributed by atoms with Crippen molar-refractivity contribution in [1.29, 1.82) is 0 Å². The number of likely N-dealkylation sites (tertiary alicyclic amines) is 1. The molecule has 1 aliphatic rings. The van der Waals surface area contributed by atoms with Crippen molar-refractivity contribution in [2.45, 2.75) is 30.7 Å². The molecule has 2 N–H and O–H groups in total. The number of hydrogen-bond donors (Lipinski definition) is 1. The summed E-state index contributed by atoms with van der Waals surface area (Å²) in [4.78, 5) is 3.95. The Morgan fingerprint density at radius 3 is 2.83 bits per heavy atom. The molecule has 0 aliphatic carbocycles. The number of hydrogen-bond acceptors (Lipinski definition) is 3. The van der Waals surface area contributed by atoms with Gasteiger partial charge in [0.25, 0.3) is 0 Å².